The van der Waals surface area contributed by atoms with E-state index in [4.69, 9.17) is 4.74 Å². The summed E-state index contributed by atoms with van der Waals surface area (Å²) in [5, 5.41) is 23.3. The topological polar surface area (TPSA) is 73.2 Å². The predicted molar refractivity (Wildman–Crippen MR) is 130 cm³/mol. The maximum Gasteiger partial charge on any atom is 0.246 e. The van der Waals surface area contributed by atoms with Gasteiger partial charge in [-0.3, -0.25) is 9.69 Å². The molecule has 3 aliphatic carbocycles. The van der Waals surface area contributed by atoms with E-state index in [-0.39, 0.29) is 29.8 Å². The number of ether oxygens (including phenoxy) is 1. The zero-order chi connectivity index (χ0) is 23.8. The fourth-order valence-electron chi connectivity index (χ4n) is 7.52. The molecule has 1 aromatic rings. The monoisotopic (exact) mass is 466 g/mol. The molecule has 0 aromatic heterocycles. The number of benzene rings is 1. The minimum atomic E-state index is -0.913. The SMILES string of the molecule is CCC(C)/C=C/C(=O)N(C)[C@@H]1CC[C@@]2(O)[C@H]3Cc4ccc(O)c5c4[C@@]2(CCN3CC2CC2)[C@H]1O5. The van der Waals surface area contributed by atoms with Crippen molar-refractivity contribution in [2.75, 3.05) is 20.1 Å². The predicted octanol–water partition coefficient (Wildman–Crippen LogP) is 3.39. The van der Waals surface area contributed by atoms with E-state index < -0.39 is 11.0 Å². The lowest BCUT2D eigenvalue weighted by Gasteiger charge is -2.64. The molecule has 2 N–H and O–H groups in total. The van der Waals surface area contributed by atoms with Gasteiger partial charge in [0.1, 0.15) is 6.10 Å². The summed E-state index contributed by atoms with van der Waals surface area (Å²) in [7, 11) is 1.87. The van der Waals surface area contributed by atoms with Crippen molar-refractivity contribution in [2.24, 2.45) is 11.8 Å². The van der Waals surface area contributed by atoms with Gasteiger partial charge in [0.2, 0.25) is 5.91 Å². The van der Waals surface area contributed by atoms with Crippen LogP contribution in [0.25, 0.3) is 0 Å². The quantitative estimate of drug-likeness (QED) is 0.629. The fourth-order valence-corrected chi connectivity index (χ4v) is 7.52. The van der Waals surface area contributed by atoms with E-state index >= 15 is 0 Å². The number of rotatable bonds is 6. The number of hydrogen-bond donors (Lipinski definition) is 2. The van der Waals surface area contributed by atoms with Crippen LogP contribution >= 0.6 is 0 Å². The van der Waals surface area contributed by atoms with Crippen LogP contribution in [0.15, 0.2) is 24.3 Å². The van der Waals surface area contributed by atoms with Crippen LogP contribution in [0.5, 0.6) is 11.5 Å². The van der Waals surface area contributed by atoms with Crippen molar-refractivity contribution in [2.45, 2.75) is 88.0 Å². The van der Waals surface area contributed by atoms with Crippen molar-refractivity contribution in [3.05, 3.63) is 35.4 Å². The van der Waals surface area contributed by atoms with Crippen LogP contribution in [0.2, 0.25) is 0 Å². The Labute approximate surface area is 202 Å². The molecule has 34 heavy (non-hydrogen) atoms. The molecule has 1 saturated heterocycles. The molecule has 1 spiro atoms. The molecule has 2 bridgehead atoms. The van der Waals surface area contributed by atoms with Crippen molar-refractivity contribution in [1.29, 1.82) is 0 Å². The maximum absolute atomic E-state index is 13.1. The Morgan fingerprint density at radius 1 is 1.32 bits per heavy atom. The number of carbonyl (C=O) groups excluding carboxylic acids is 1. The summed E-state index contributed by atoms with van der Waals surface area (Å²) in [6.07, 6.45) is 9.84. The maximum atomic E-state index is 13.1. The molecular formula is C28H38N2O4. The summed E-state index contributed by atoms with van der Waals surface area (Å²) >= 11 is 0. The largest absolute Gasteiger partial charge is 0.504 e. The van der Waals surface area contributed by atoms with Gasteiger partial charge in [-0.2, -0.15) is 0 Å². The average Bonchev–Trinajstić information content (AvgIpc) is 3.57. The highest BCUT2D eigenvalue weighted by molar-refractivity contribution is 5.87. The summed E-state index contributed by atoms with van der Waals surface area (Å²) in [6, 6.07) is 3.68. The van der Waals surface area contributed by atoms with Crippen molar-refractivity contribution >= 4 is 5.91 Å². The molecule has 6 heteroatoms. The first-order valence-electron chi connectivity index (χ1n) is 13.2. The van der Waals surface area contributed by atoms with Gasteiger partial charge < -0.3 is 19.8 Å². The number of likely N-dealkylation sites (N-methyl/N-ethyl adjacent to an activating group) is 1. The number of nitrogens with zero attached hydrogens (tertiary/aromatic N) is 2. The van der Waals surface area contributed by atoms with E-state index in [1.54, 1.807) is 12.1 Å². The first kappa shape index (κ1) is 22.4. The van der Waals surface area contributed by atoms with Crippen molar-refractivity contribution < 1.29 is 19.7 Å². The molecule has 5 aliphatic rings. The number of hydrogen-bond acceptors (Lipinski definition) is 5. The van der Waals surface area contributed by atoms with E-state index in [9.17, 15) is 15.0 Å². The second-order valence-corrected chi connectivity index (χ2v) is 11.6. The summed E-state index contributed by atoms with van der Waals surface area (Å²) in [6.45, 7) is 6.22. The summed E-state index contributed by atoms with van der Waals surface area (Å²) in [5.74, 6) is 1.79. The van der Waals surface area contributed by atoms with Crippen LogP contribution in [0.3, 0.4) is 0 Å². The highest BCUT2D eigenvalue weighted by Crippen LogP contribution is 2.66. The Hall–Kier alpha value is -2.05. The standard InChI is InChI=1S/C28H38N2O4/c1-4-17(2)5-10-23(32)29(3)20-11-12-28(33)22-15-19-8-9-21(31)25-24(19)27(28,26(20)34-25)13-14-30(22)16-18-6-7-18/h5,8-10,17-18,20,22,26,31,33H,4,6-7,11-16H2,1-3H3/b10-5+/t17?,20-,22-,26+,27+,28-/m1/s1. The molecule has 6 rings (SSSR count). The molecule has 0 radical (unpaired) electrons. The van der Waals surface area contributed by atoms with Gasteiger partial charge in [-0.25, -0.2) is 0 Å². The first-order valence-corrected chi connectivity index (χ1v) is 13.2. The Kier molecular flexibility index (Phi) is 5.09. The molecule has 6 nitrogen and oxygen atoms in total. The summed E-state index contributed by atoms with van der Waals surface area (Å²) in [5.41, 5.74) is 0.709. The Balaban J connectivity index is 1.40. The first-order chi connectivity index (χ1) is 16.3. The van der Waals surface area contributed by atoms with Gasteiger partial charge in [0.25, 0.3) is 0 Å². The zero-order valence-electron chi connectivity index (χ0n) is 20.7. The Morgan fingerprint density at radius 3 is 2.85 bits per heavy atom. The molecule has 6 atom stereocenters. The third kappa shape index (κ3) is 2.97. The normalized spacial score (nSPS) is 36.8. The minimum absolute atomic E-state index is 0.0188. The third-order valence-corrected chi connectivity index (χ3v) is 9.79. The third-order valence-electron chi connectivity index (χ3n) is 9.79. The highest BCUT2D eigenvalue weighted by Gasteiger charge is 2.73. The molecular weight excluding hydrogens is 428 g/mol. The molecule has 184 valence electrons. The van der Waals surface area contributed by atoms with Crippen LogP contribution < -0.4 is 4.74 Å². The lowest BCUT2D eigenvalue weighted by molar-refractivity contribution is -0.200. The van der Waals surface area contributed by atoms with Gasteiger partial charge in [-0.1, -0.05) is 32.4 Å². The average molecular weight is 467 g/mol. The van der Waals surface area contributed by atoms with E-state index in [0.29, 0.717) is 24.5 Å². The number of allylic oxidation sites excluding steroid dienone is 1. The smallest absolute Gasteiger partial charge is 0.246 e. The van der Waals surface area contributed by atoms with Gasteiger partial charge in [0.05, 0.1) is 17.1 Å². The van der Waals surface area contributed by atoms with Gasteiger partial charge >= 0.3 is 0 Å². The highest BCUT2D eigenvalue weighted by atomic mass is 16.5. The molecule has 2 saturated carbocycles. The zero-order valence-corrected chi connectivity index (χ0v) is 20.7. The second kappa shape index (κ2) is 7.72. The van der Waals surface area contributed by atoms with E-state index in [1.165, 1.54) is 18.4 Å². The number of aliphatic hydroxyl groups is 1. The Bertz CT molecular complexity index is 1040. The van der Waals surface area contributed by atoms with Crippen molar-refractivity contribution in [3.63, 3.8) is 0 Å². The van der Waals surface area contributed by atoms with E-state index in [1.807, 2.05) is 24.1 Å². The number of aromatic hydroxyl groups is 1. The molecule has 1 unspecified atom stereocenters. The fraction of sp³-hybridized carbons (Fsp3) is 0.679. The summed E-state index contributed by atoms with van der Waals surface area (Å²) < 4.78 is 6.59. The number of likely N-dealkylation sites (tertiary alicyclic amines) is 1. The number of phenolic OH excluding ortho intramolecular Hbond substituents is 1. The van der Waals surface area contributed by atoms with Crippen molar-refractivity contribution in [3.8, 4) is 11.5 Å². The van der Waals surface area contributed by atoms with Crippen molar-refractivity contribution in [1.82, 2.24) is 9.80 Å². The molecule has 3 fully saturated rings. The van der Waals surface area contributed by atoms with Crippen LogP contribution in [-0.2, 0) is 16.6 Å². The Morgan fingerprint density at radius 2 is 2.12 bits per heavy atom. The summed E-state index contributed by atoms with van der Waals surface area (Å²) in [4.78, 5) is 17.5. The molecule has 2 aliphatic heterocycles. The van der Waals surface area contributed by atoms with Crippen LogP contribution in [0, 0.1) is 11.8 Å². The minimum Gasteiger partial charge on any atom is -0.504 e. The number of phenols is 1. The van der Waals surface area contributed by atoms with E-state index in [2.05, 4.69) is 18.7 Å². The van der Waals surface area contributed by atoms with Gasteiger partial charge in [-0.15, -0.1) is 0 Å². The van der Waals surface area contributed by atoms with Gasteiger partial charge in [0.15, 0.2) is 11.5 Å². The van der Waals surface area contributed by atoms with Gasteiger partial charge in [-0.05, 0) is 74.6 Å². The second-order valence-electron chi connectivity index (χ2n) is 11.6. The number of carbonyl (C=O) groups is 1. The number of amides is 1. The van der Waals surface area contributed by atoms with Crippen LogP contribution in [0.1, 0.15) is 63.5 Å². The van der Waals surface area contributed by atoms with Crippen LogP contribution in [-0.4, -0.2) is 69.8 Å². The van der Waals surface area contributed by atoms with E-state index in [0.717, 1.165) is 43.8 Å². The number of piperidine rings is 1. The lowest BCUT2D eigenvalue weighted by atomic mass is 9.48. The van der Waals surface area contributed by atoms with Gasteiger partial charge in [0, 0.05) is 25.2 Å². The lowest BCUT2D eigenvalue weighted by Crippen LogP contribution is -2.78. The molecule has 2 heterocycles. The molecule has 1 aromatic carbocycles. The molecule has 1 amide bonds. The van der Waals surface area contributed by atoms with Crippen LogP contribution in [0.4, 0.5) is 0 Å².